The number of rotatable bonds is 5. The zero-order chi connectivity index (χ0) is 39.2. The van der Waals surface area contributed by atoms with Crippen LogP contribution in [0, 0.1) is 0 Å². The molecule has 0 spiro atoms. The predicted molar refractivity (Wildman–Crippen MR) is 237 cm³/mol. The van der Waals surface area contributed by atoms with E-state index in [2.05, 4.69) is 105 Å². The van der Waals surface area contributed by atoms with Crippen LogP contribution in [0.15, 0.2) is 179 Å². The van der Waals surface area contributed by atoms with Crippen molar-refractivity contribution in [1.29, 1.82) is 0 Å². The summed E-state index contributed by atoms with van der Waals surface area (Å²) in [5.74, 6) is 2.43. The second kappa shape index (κ2) is 12.7. The first-order valence-corrected chi connectivity index (χ1v) is 19.9. The molecule has 0 saturated heterocycles. The van der Waals surface area contributed by atoms with Gasteiger partial charge in [-0.3, -0.25) is 0 Å². The molecule has 11 aromatic rings. The molecule has 278 valence electrons. The van der Waals surface area contributed by atoms with Crippen molar-refractivity contribution in [3.05, 3.63) is 181 Å². The van der Waals surface area contributed by atoms with Crippen LogP contribution in [0.5, 0.6) is 0 Å². The standard InChI is InChI=1S/C53H34N4O2/c1-53(2)41-21-10-9-18-37(41)38-26-24-35(29-42(38)53)50-55-49(32-13-5-3-6-14-32)56-51(57-50)40-20-12-22-44-47(40)39-27-23-34(30-45(39)58-44)36-19-11-17-31-25-28-43-48(46(31)36)59-52(54-43)33-15-7-4-8-16-33/h3-30H,1-2H3. The van der Waals surface area contributed by atoms with Crippen molar-refractivity contribution in [3.8, 4) is 67.9 Å². The number of fused-ring (bicyclic) bond motifs is 9. The first-order valence-electron chi connectivity index (χ1n) is 19.9. The van der Waals surface area contributed by atoms with Gasteiger partial charge in [0, 0.05) is 43.8 Å². The Balaban J connectivity index is 1.01. The molecular formula is C53H34N4O2. The lowest BCUT2D eigenvalue weighted by atomic mass is 9.82. The molecule has 0 unspecified atom stereocenters. The minimum Gasteiger partial charge on any atom is -0.456 e. The van der Waals surface area contributed by atoms with Crippen LogP contribution in [0.25, 0.3) is 112 Å². The fourth-order valence-corrected chi connectivity index (χ4v) is 9.06. The van der Waals surface area contributed by atoms with Crippen LogP contribution in [0.2, 0.25) is 0 Å². The lowest BCUT2D eigenvalue weighted by Gasteiger charge is -2.21. The summed E-state index contributed by atoms with van der Waals surface area (Å²) in [4.78, 5) is 20.3. The van der Waals surface area contributed by atoms with Gasteiger partial charge in [0.1, 0.15) is 16.7 Å². The Morgan fingerprint density at radius 1 is 0.407 bits per heavy atom. The Kier molecular flexibility index (Phi) is 7.17. The van der Waals surface area contributed by atoms with Gasteiger partial charge in [-0.25, -0.2) is 19.9 Å². The number of benzene rings is 8. The summed E-state index contributed by atoms with van der Waals surface area (Å²) < 4.78 is 13.2. The van der Waals surface area contributed by atoms with Crippen LogP contribution in [-0.2, 0) is 5.41 Å². The first-order chi connectivity index (χ1) is 29.0. The van der Waals surface area contributed by atoms with Crippen LogP contribution >= 0.6 is 0 Å². The summed E-state index contributed by atoms with van der Waals surface area (Å²) in [6.07, 6.45) is 0. The van der Waals surface area contributed by atoms with Gasteiger partial charge in [0.05, 0.1) is 0 Å². The normalized spacial score (nSPS) is 13.1. The van der Waals surface area contributed by atoms with E-state index < -0.39 is 0 Å². The Morgan fingerprint density at radius 3 is 1.93 bits per heavy atom. The molecule has 1 aliphatic carbocycles. The van der Waals surface area contributed by atoms with Crippen molar-refractivity contribution >= 4 is 43.8 Å². The van der Waals surface area contributed by atoms with Gasteiger partial charge in [0.25, 0.3) is 0 Å². The zero-order valence-corrected chi connectivity index (χ0v) is 32.3. The Hall–Kier alpha value is -7.70. The topological polar surface area (TPSA) is 77.8 Å². The van der Waals surface area contributed by atoms with E-state index in [0.717, 1.165) is 77.2 Å². The van der Waals surface area contributed by atoms with Crippen LogP contribution < -0.4 is 0 Å². The van der Waals surface area contributed by atoms with E-state index in [4.69, 9.17) is 28.8 Å². The van der Waals surface area contributed by atoms with Crippen LogP contribution in [0.4, 0.5) is 0 Å². The van der Waals surface area contributed by atoms with Gasteiger partial charge in [0.15, 0.2) is 23.1 Å². The van der Waals surface area contributed by atoms with E-state index in [1.54, 1.807) is 0 Å². The van der Waals surface area contributed by atoms with Crippen molar-refractivity contribution in [1.82, 2.24) is 19.9 Å². The molecule has 0 amide bonds. The molecule has 6 heteroatoms. The number of oxazole rings is 1. The third kappa shape index (κ3) is 5.19. The van der Waals surface area contributed by atoms with Gasteiger partial charge in [-0.2, -0.15) is 0 Å². The first kappa shape index (κ1) is 33.4. The lowest BCUT2D eigenvalue weighted by molar-refractivity contribution is 0.623. The fraction of sp³-hybridized carbons (Fsp3) is 0.0566. The second-order valence-electron chi connectivity index (χ2n) is 15.8. The van der Waals surface area contributed by atoms with Gasteiger partial charge in [-0.1, -0.05) is 141 Å². The smallest absolute Gasteiger partial charge is 0.227 e. The second-order valence-corrected chi connectivity index (χ2v) is 15.8. The molecule has 0 atom stereocenters. The molecule has 1 aliphatic rings. The van der Waals surface area contributed by atoms with Crippen molar-refractivity contribution < 1.29 is 8.83 Å². The fourth-order valence-electron chi connectivity index (χ4n) is 9.06. The number of furan rings is 1. The maximum atomic E-state index is 6.67. The predicted octanol–water partition coefficient (Wildman–Crippen LogP) is 13.7. The number of hydrogen-bond acceptors (Lipinski definition) is 6. The van der Waals surface area contributed by atoms with E-state index in [9.17, 15) is 0 Å². The third-order valence-corrected chi connectivity index (χ3v) is 12.0. The highest BCUT2D eigenvalue weighted by Crippen LogP contribution is 2.49. The molecule has 3 heterocycles. The van der Waals surface area contributed by atoms with E-state index in [-0.39, 0.29) is 5.41 Å². The van der Waals surface area contributed by atoms with Crippen molar-refractivity contribution in [2.45, 2.75) is 19.3 Å². The Labute approximate surface area is 339 Å². The average molecular weight is 759 g/mol. The lowest BCUT2D eigenvalue weighted by Crippen LogP contribution is -2.15. The number of aromatic nitrogens is 4. The summed E-state index contributed by atoms with van der Waals surface area (Å²) in [6.45, 7) is 4.59. The van der Waals surface area contributed by atoms with Crippen molar-refractivity contribution in [2.24, 2.45) is 0 Å². The molecule has 59 heavy (non-hydrogen) atoms. The summed E-state index contributed by atoms with van der Waals surface area (Å²) in [7, 11) is 0. The Morgan fingerprint density at radius 2 is 1.08 bits per heavy atom. The zero-order valence-electron chi connectivity index (χ0n) is 32.3. The van der Waals surface area contributed by atoms with E-state index in [0.29, 0.717) is 23.4 Å². The number of nitrogens with zero attached hydrogens (tertiary/aromatic N) is 4. The molecule has 0 saturated carbocycles. The van der Waals surface area contributed by atoms with E-state index in [1.807, 2.05) is 78.9 Å². The maximum Gasteiger partial charge on any atom is 0.227 e. The summed E-state index contributed by atoms with van der Waals surface area (Å²) in [5, 5.41) is 4.03. The molecule has 8 aromatic carbocycles. The van der Waals surface area contributed by atoms with Gasteiger partial charge in [-0.05, 0) is 81.2 Å². The van der Waals surface area contributed by atoms with Crippen LogP contribution in [0.1, 0.15) is 25.0 Å². The largest absolute Gasteiger partial charge is 0.456 e. The van der Waals surface area contributed by atoms with Crippen LogP contribution in [0.3, 0.4) is 0 Å². The summed E-state index contributed by atoms with van der Waals surface area (Å²) in [5.41, 5.74) is 13.9. The Bertz CT molecular complexity index is 3470. The average Bonchev–Trinajstić information content (AvgIpc) is 3.97. The SMILES string of the molecule is CC1(C)c2ccccc2-c2ccc(-c3nc(-c4ccccc4)nc(-c4cccc5oc6cc(-c7cccc8ccc9nc(-c%10ccccc%10)oc9c78)ccc6c45)n3)cc21. The minimum atomic E-state index is -0.155. The molecule has 0 N–H and O–H groups in total. The van der Waals surface area contributed by atoms with Gasteiger partial charge in [-0.15, -0.1) is 0 Å². The van der Waals surface area contributed by atoms with E-state index >= 15 is 0 Å². The molecule has 0 bridgehead atoms. The quantitative estimate of drug-likeness (QED) is 0.174. The molecule has 6 nitrogen and oxygen atoms in total. The minimum absolute atomic E-state index is 0.155. The highest BCUT2D eigenvalue weighted by atomic mass is 16.3. The number of hydrogen-bond donors (Lipinski definition) is 0. The molecule has 0 aliphatic heterocycles. The third-order valence-electron chi connectivity index (χ3n) is 12.0. The molecular weight excluding hydrogens is 725 g/mol. The van der Waals surface area contributed by atoms with Gasteiger partial charge >= 0.3 is 0 Å². The van der Waals surface area contributed by atoms with Gasteiger partial charge < -0.3 is 8.83 Å². The molecule has 12 rings (SSSR count). The molecule has 0 radical (unpaired) electrons. The highest BCUT2D eigenvalue weighted by molar-refractivity contribution is 6.15. The van der Waals surface area contributed by atoms with Gasteiger partial charge in [0.2, 0.25) is 5.89 Å². The van der Waals surface area contributed by atoms with E-state index in [1.165, 1.54) is 22.3 Å². The summed E-state index contributed by atoms with van der Waals surface area (Å²) in [6, 6.07) is 58.5. The van der Waals surface area contributed by atoms with Crippen molar-refractivity contribution in [3.63, 3.8) is 0 Å². The van der Waals surface area contributed by atoms with Crippen LogP contribution in [-0.4, -0.2) is 19.9 Å². The highest BCUT2D eigenvalue weighted by Gasteiger charge is 2.35. The van der Waals surface area contributed by atoms with Crippen molar-refractivity contribution in [2.75, 3.05) is 0 Å². The molecule has 0 fully saturated rings. The summed E-state index contributed by atoms with van der Waals surface area (Å²) >= 11 is 0. The monoisotopic (exact) mass is 758 g/mol. The molecule has 3 aromatic heterocycles. The maximum absolute atomic E-state index is 6.67.